The van der Waals surface area contributed by atoms with Crippen LogP contribution in [0.1, 0.15) is 56.5 Å². The van der Waals surface area contributed by atoms with E-state index >= 15 is 0 Å². The van der Waals surface area contributed by atoms with E-state index in [2.05, 4.69) is 15.5 Å². The number of hydrogen-bond acceptors (Lipinski definition) is 8. The lowest BCUT2D eigenvalue weighted by atomic mass is 9.74. The van der Waals surface area contributed by atoms with Gasteiger partial charge in [0, 0.05) is 25.6 Å². The van der Waals surface area contributed by atoms with Gasteiger partial charge in [0.2, 0.25) is 11.8 Å². The molecule has 1 saturated heterocycles. The summed E-state index contributed by atoms with van der Waals surface area (Å²) in [5.41, 5.74) is 4.36. The third kappa shape index (κ3) is 5.70. The number of carbonyl (C=O) groups is 2. The maximum atomic E-state index is 13.9. The highest BCUT2D eigenvalue weighted by molar-refractivity contribution is 7.13. The number of methoxy groups -OCH3 is 1. The number of aryl methyl sites for hydroxylation is 1. The topological polar surface area (TPSA) is 118 Å². The fraction of sp³-hybridized carbons (Fsp3) is 0.481. The van der Waals surface area contributed by atoms with Crippen LogP contribution in [0.4, 0.5) is 0 Å². The Morgan fingerprint density at radius 1 is 1.32 bits per heavy atom. The third-order valence-electron chi connectivity index (χ3n) is 7.23. The zero-order valence-corrected chi connectivity index (χ0v) is 22.7. The quantitative estimate of drug-likeness (QED) is 0.434. The number of likely N-dealkylation sites (tertiary alicyclic amines) is 1. The number of aliphatic hydroxyl groups excluding tert-OH is 1. The van der Waals surface area contributed by atoms with Crippen molar-refractivity contribution < 1.29 is 24.0 Å². The molecule has 0 bridgehead atoms. The predicted octanol–water partition coefficient (Wildman–Crippen LogP) is 3.91. The number of nitrogens with one attached hydrogen (secondary N) is 1. The minimum atomic E-state index is -0.781. The molecule has 2 unspecified atom stereocenters. The molecule has 10 heteroatoms. The van der Waals surface area contributed by atoms with Crippen LogP contribution in [0.3, 0.4) is 0 Å². The number of aliphatic hydroxyl groups is 1. The van der Waals surface area contributed by atoms with Gasteiger partial charge in [-0.2, -0.15) is 0 Å². The summed E-state index contributed by atoms with van der Waals surface area (Å²) >= 11 is 1.59. The van der Waals surface area contributed by atoms with Gasteiger partial charge in [-0.15, -0.1) is 11.3 Å². The SMILES string of the molecule is CCC(C)(C)C(C(=O)N1C[C@H](O)CC1C(=O)NCc1ccc(-c2scnc2C)cc1)c1cc(OC)no1. The monoisotopic (exact) mass is 526 g/mol. The van der Waals surface area contributed by atoms with Crippen molar-refractivity contribution in [3.63, 3.8) is 0 Å². The summed E-state index contributed by atoms with van der Waals surface area (Å²) in [4.78, 5) is 34.0. The van der Waals surface area contributed by atoms with E-state index in [4.69, 9.17) is 9.26 Å². The minimum absolute atomic E-state index is 0.0847. The second-order valence-electron chi connectivity index (χ2n) is 10.1. The Morgan fingerprint density at radius 2 is 2.05 bits per heavy atom. The molecule has 4 rings (SSSR count). The number of amides is 2. The Balaban J connectivity index is 1.48. The van der Waals surface area contributed by atoms with Crippen LogP contribution in [-0.2, 0) is 16.1 Å². The molecule has 3 heterocycles. The van der Waals surface area contributed by atoms with Gasteiger partial charge in [-0.1, -0.05) is 45.0 Å². The maximum Gasteiger partial charge on any atom is 0.254 e. The molecule has 0 aliphatic carbocycles. The van der Waals surface area contributed by atoms with E-state index in [0.29, 0.717) is 18.7 Å². The number of thiazole rings is 1. The first-order chi connectivity index (χ1) is 17.6. The van der Waals surface area contributed by atoms with Crippen molar-refractivity contribution in [2.75, 3.05) is 13.7 Å². The molecule has 1 aliphatic rings. The lowest BCUT2D eigenvalue weighted by Gasteiger charge is -2.35. The molecule has 0 spiro atoms. The number of hydrogen-bond donors (Lipinski definition) is 2. The number of rotatable bonds is 9. The molecule has 3 atom stereocenters. The van der Waals surface area contributed by atoms with Crippen molar-refractivity contribution in [1.29, 1.82) is 0 Å². The van der Waals surface area contributed by atoms with Crippen molar-refractivity contribution in [3.05, 3.63) is 52.9 Å². The molecule has 1 aliphatic heterocycles. The summed E-state index contributed by atoms with van der Waals surface area (Å²) in [5, 5.41) is 17.2. The Morgan fingerprint density at radius 3 is 2.65 bits per heavy atom. The number of benzene rings is 1. The molecular weight excluding hydrogens is 492 g/mol. The largest absolute Gasteiger partial charge is 0.479 e. The fourth-order valence-electron chi connectivity index (χ4n) is 4.68. The van der Waals surface area contributed by atoms with Crippen LogP contribution in [-0.4, -0.2) is 57.8 Å². The van der Waals surface area contributed by atoms with Crippen molar-refractivity contribution in [3.8, 4) is 16.3 Å². The van der Waals surface area contributed by atoms with Gasteiger partial charge in [0.25, 0.3) is 5.88 Å². The lowest BCUT2D eigenvalue weighted by molar-refractivity contribution is -0.142. The molecular formula is C27H34N4O5S. The fourth-order valence-corrected chi connectivity index (χ4v) is 5.49. The zero-order valence-electron chi connectivity index (χ0n) is 21.9. The highest BCUT2D eigenvalue weighted by atomic mass is 32.1. The highest BCUT2D eigenvalue weighted by Crippen LogP contribution is 2.42. The average molecular weight is 527 g/mol. The Kier molecular flexibility index (Phi) is 7.99. The second kappa shape index (κ2) is 11.0. The second-order valence-corrected chi connectivity index (χ2v) is 11.0. The van der Waals surface area contributed by atoms with Gasteiger partial charge in [-0.05, 0) is 35.0 Å². The van der Waals surface area contributed by atoms with Crippen LogP contribution in [0.2, 0.25) is 0 Å². The molecule has 198 valence electrons. The Hall–Kier alpha value is -3.24. The first-order valence-electron chi connectivity index (χ1n) is 12.4. The van der Waals surface area contributed by atoms with E-state index in [1.807, 2.05) is 57.5 Å². The third-order valence-corrected chi connectivity index (χ3v) is 8.21. The van der Waals surface area contributed by atoms with Crippen LogP contribution >= 0.6 is 11.3 Å². The van der Waals surface area contributed by atoms with Crippen molar-refractivity contribution in [2.24, 2.45) is 5.41 Å². The van der Waals surface area contributed by atoms with Crippen molar-refractivity contribution >= 4 is 23.2 Å². The number of aromatic nitrogens is 2. The van der Waals surface area contributed by atoms with Gasteiger partial charge < -0.3 is 24.6 Å². The normalized spacial score (nSPS) is 18.6. The first kappa shape index (κ1) is 26.8. The molecule has 1 aromatic carbocycles. The molecule has 0 saturated carbocycles. The smallest absolute Gasteiger partial charge is 0.254 e. The molecule has 37 heavy (non-hydrogen) atoms. The minimum Gasteiger partial charge on any atom is -0.479 e. The van der Waals surface area contributed by atoms with E-state index in [1.54, 1.807) is 17.4 Å². The standard InChI is InChI=1S/C27H34N4O5S/c1-6-27(3,4)23(21-12-22(35-5)30-36-21)26(34)31-14-19(32)11-20(31)25(33)28-13-17-7-9-18(10-8-17)24-16(2)29-15-37-24/h7-10,12,15,19-20,23,32H,6,11,13-14H2,1-5H3,(H,28,33)/t19-,20?,23?/m1/s1. The maximum absolute atomic E-state index is 13.9. The summed E-state index contributed by atoms with van der Waals surface area (Å²) in [5.74, 6) is -0.586. The van der Waals surface area contributed by atoms with Crippen LogP contribution in [0.15, 0.2) is 40.4 Å². The number of carbonyl (C=O) groups excluding carboxylic acids is 2. The number of β-amino-alcohol motifs (C(OH)–C–C–N with tert-alkyl or cyclic N) is 1. The molecule has 2 N–H and O–H groups in total. The lowest BCUT2D eigenvalue weighted by Crippen LogP contribution is -2.49. The van der Waals surface area contributed by atoms with Crippen LogP contribution < -0.4 is 10.1 Å². The molecule has 2 amide bonds. The highest BCUT2D eigenvalue weighted by Gasteiger charge is 2.46. The van der Waals surface area contributed by atoms with E-state index in [1.165, 1.54) is 12.0 Å². The van der Waals surface area contributed by atoms with Crippen LogP contribution in [0.25, 0.3) is 10.4 Å². The summed E-state index contributed by atoms with van der Waals surface area (Å²) in [6, 6.07) is 8.80. The van der Waals surface area contributed by atoms with Crippen LogP contribution in [0.5, 0.6) is 5.88 Å². The molecule has 0 radical (unpaired) electrons. The van der Waals surface area contributed by atoms with Crippen molar-refractivity contribution in [1.82, 2.24) is 20.4 Å². The van der Waals surface area contributed by atoms with Gasteiger partial charge in [-0.25, -0.2) is 4.98 Å². The summed E-state index contributed by atoms with van der Waals surface area (Å²) in [7, 11) is 1.48. The zero-order chi connectivity index (χ0) is 26.7. The average Bonchev–Trinajstić information content (AvgIpc) is 3.62. The van der Waals surface area contributed by atoms with Crippen molar-refractivity contribution in [2.45, 2.75) is 65.1 Å². The van der Waals surface area contributed by atoms with E-state index < -0.39 is 23.5 Å². The van der Waals surface area contributed by atoms with Crippen LogP contribution in [0, 0.1) is 12.3 Å². The number of nitrogens with zero attached hydrogens (tertiary/aromatic N) is 3. The van der Waals surface area contributed by atoms with Gasteiger partial charge >= 0.3 is 0 Å². The van der Waals surface area contributed by atoms with E-state index in [9.17, 15) is 14.7 Å². The summed E-state index contributed by atoms with van der Waals surface area (Å²) in [6.45, 7) is 8.33. The van der Waals surface area contributed by atoms with Gasteiger partial charge in [0.1, 0.15) is 12.0 Å². The van der Waals surface area contributed by atoms with E-state index in [-0.39, 0.29) is 30.7 Å². The van der Waals surface area contributed by atoms with Gasteiger partial charge in [0.15, 0.2) is 5.76 Å². The first-order valence-corrected chi connectivity index (χ1v) is 13.3. The summed E-state index contributed by atoms with van der Waals surface area (Å²) < 4.78 is 10.6. The molecule has 1 fully saturated rings. The van der Waals surface area contributed by atoms with Gasteiger partial charge in [0.05, 0.1) is 29.3 Å². The molecule has 2 aromatic heterocycles. The van der Waals surface area contributed by atoms with E-state index in [0.717, 1.165) is 21.7 Å². The predicted molar refractivity (Wildman–Crippen MR) is 140 cm³/mol. The summed E-state index contributed by atoms with van der Waals surface area (Å²) in [6.07, 6.45) is 0.0907. The Bertz CT molecular complexity index is 1240. The Labute approximate surface area is 220 Å². The molecule has 3 aromatic rings. The number of ether oxygens (including phenoxy) is 1. The van der Waals surface area contributed by atoms with Gasteiger partial charge in [-0.3, -0.25) is 9.59 Å². The molecule has 9 nitrogen and oxygen atoms in total.